The molecule has 1 heterocycles. The van der Waals surface area contributed by atoms with E-state index in [2.05, 4.69) is 30.7 Å². The first kappa shape index (κ1) is 15.2. The molecule has 0 fully saturated rings. The van der Waals surface area contributed by atoms with Crippen LogP contribution in [-0.2, 0) is 0 Å². The fourth-order valence-electron chi connectivity index (χ4n) is 1.54. The number of amides is 1. The number of nitrogens with zero attached hydrogens (tertiary/aromatic N) is 2. The van der Waals surface area contributed by atoms with Gasteiger partial charge in [0, 0.05) is 31.5 Å². The van der Waals surface area contributed by atoms with Crippen LogP contribution in [0.2, 0.25) is 0 Å². The molecule has 0 aliphatic carbocycles. The molecule has 0 aromatic carbocycles. The van der Waals surface area contributed by atoms with Crippen LogP contribution in [0.1, 0.15) is 36.2 Å². The van der Waals surface area contributed by atoms with Crippen LogP contribution >= 0.6 is 0 Å². The summed E-state index contributed by atoms with van der Waals surface area (Å²) < 4.78 is 0. The maximum atomic E-state index is 12.2. The van der Waals surface area contributed by atoms with Crippen LogP contribution in [0.5, 0.6) is 0 Å². The minimum atomic E-state index is -0.202. The third kappa shape index (κ3) is 5.11. The van der Waals surface area contributed by atoms with Crippen molar-refractivity contribution in [3.8, 4) is 11.8 Å². The summed E-state index contributed by atoms with van der Waals surface area (Å²) in [6.07, 6.45) is 4.09. The average Bonchev–Trinajstić information content (AvgIpc) is 2.41. The molecule has 102 valence electrons. The third-order valence-electron chi connectivity index (χ3n) is 2.69. The van der Waals surface area contributed by atoms with Gasteiger partial charge in [-0.15, -0.1) is 0 Å². The van der Waals surface area contributed by atoms with Gasteiger partial charge in [0.05, 0.1) is 5.56 Å². The largest absolute Gasteiger partial charge is 0.384 e. The number of hydrogen-bond donors (Lipinski definition) is 1. The molecule has 0 aliphatic rings. The average molecular weight is 260 g/mol. The minimum Gasteiger partial charge on any atom is -0.384 e. The highest BCUT2D eigenvalue weighted by atomic mass is 16.2. The SMILES string of the molecule is CC(C)CCN(C)C(=O)c1cncc(C#CCO)c1. The predicted molar refractivity (Wildman–Crippen MR) is 74.6 cm³/mol. The summed E-state index contributed by atoms with van der Waals surface area (Å²) in [5, 5.41) is 8.65. The maximum Gasteiger partial charge on any atom is 0.255 e. The number of aromatic nitrogens is 1. The Morgan fingerprint density at radius 3 is 2.84 bits per heavy atom. The Morgan fingerprint density at radius 2 is 2.21 bits per heavy atom. The van der Waals surface area contributed by atoms with Crippen molar-refractivity contribution in [2.45, 2.75) is 20.3 Å². The molecule has 0 aliphatic heterocycles. The van der Waals surface area contributed by atoms with Crippen LogP contribution in [-0.4, -0.2) is 41.1 Å². The van der Waals surface area contributed by atoms with Crippen LogP contribution in [0.3, 0.4) is 0 Å². The molecule has 1 aromatic rings. The van der Waals surface area contributed by atoms with Crippen molar-refractivity contribution in [1.82, 2.24) is 9.88 Å². The summed E-state index contributed by atoms with van der Waals surface area (Å²) in [5.41, 5.74) is 1.16. The van der Waals surface area contributed by atoms with Gasteiger partial charge in [0.25, 0.3) is 5.91 Å². The molecule has 19 heavy (non-hydrogen) atoms. The zero-order valence-electron chi connectivity index (χ0n) is 11.7. The Labute approximate surface area is 114 Å². The zero-order chi connectivity index (χ0) is 14.3. The highest BCUT2D eigenvalue weighted by Crippen LogP contribution is 2.07. The van der Waals surface area contributed by atoms with E-state index in [0.717, 1.165) is 13.0 Å². The molecule has 1 N–H and O–H groups in total. The predicted octanol–water partition coefficient (Wildman–Crippen LogP) is 1.54. The van der Waals surface area contributed by atoms with Gasteiger partial charge in [-0.2, -0.15) is 0 Å². The first-order chi connectivity index (χ1) is 9.04. The Balaban J connectivity index is 2.76. The first-order valence-corrected chi connectivity index (χ1v) is 6.35. The minimum absolute atomic E-state index is 0.0548. The van der Waals surface area contributed by atoms with E-state index in [-0.39, 0.29) is 12.5 Å². The van der Waals surface area contributed by atoms with Crippen LogP contribution in [0.15, 0.2) is 18.5 Å². The van der Waals surface area contributed by atoms with E-state index in [0.29, 0.717) is 17.0 Å². The number of rotatable bonds is 4. The lowest BCUT2D eigenvalue weighted by atomic mass is 10.1. The second-order valence-electron chi connectivity index (χ2n) is 4.83. The molecule has 0 spiro atoms. The molecule has 1 amide bonds. The maximum absolute atomic E-state index is 12.2. The molecule has 0 unspecified atom stereocenters. The van der Waals surface area contributed by atoms with Crippen LogP contribution in [0, 0.1) is 17.8 Å². The molecule has 4 heteroatoms. The Kier molecular flexibility index (Phi) is 6.04. The van der Waals surface area contributed by atoms with E-state index in [9.17, 15) is 4.79 Å². The highest BCUT2D eigenvalue weighted by molar-refractivity contribution is 5.94. The van der Waals surface area contributed by atoms with Crippen LogP contribution in [0.25, 0.3) is 0 Å². The molecule has 0 bridgehead atoms. The number of pyridine rings is 1. The quantitative estimate of drug-likeness (QED) is 0.836. The van der Waals surface area contributed by atoms with Gasteiger partial charge in [0.15, 0.2) is 0 Å². The number of carbonyl (C=O) groups is 1. The van der Waals surface area contributed by atoms with Gasteiger partial charge >= 0.3 is 0 Å². The monoisotopic (exact) mass is 260 g/mol. The summed E-state index contributed by atoms with van der Waals surface area (Å²) >= 11 is 0. The van der Waals surface area contributed by atoms with Crippen molar-refractivity contribution in [2.24, 2.45) is 5.92 Å². The van der Waals surface area contributed by atoms with Crippen molar-refractivity contribution < 1.29 is 9.90 Å². The summed E-state index contributed by atoms with van der Waals surface area (Å²) in [5.74, 6) is 5.80. The second-order valence-corrected chi connectivity index (χ2v) is 4.83. The van der Waals surface area contributed by atoms with E-state index in [1.165, 1.54) is 0 Å². The normalized spacial score (nSPS) is 9.95. The Bertz CT molecular complexity index is 486. The molecule has 0 atom stereocenters. The van der Waals surface area contributed by atoms with Gasteiger partial charge in [-0.3, -0.25) is 9.78 Å². The molecular weight excluding hydrogens is 240 g/mol. The Hall–Kier alpha value is -1.86. The standard InChI is InChI=1S/C15H20N2O2/c1-12(2)6-7-17(3)15(19)14-9-13(5-4-8-18)10-16-11-14/h9-12,18H,6-8H2,1-3H3. The lowest BCUT2D eigenvalue weighted by Gasteiger charge is -2.18. The molecule has 0 saturated heterocycles. The third-order valence-corrected chi connectivity index (χ3v) is 2.69. The van der Waals surface area contributed by atoms with Gasteiger partial charge in [-0.05, 0) is 18.4 Å². The van der Waals surface area contributed by atoms with Gasteiger partial charge < -0.3 is 10.0 Å². The number of aliphatic hydroxyl groups excluding tert-OH is 1. The fourth-order valence-corrected chi connectivity index (χ4v) is 1.54. The molecule has 0 saturated carbocycles. The number of carbonyl (C=O) groups excluding carboxylic acids is 1. The number of aliphatic hydroxyl groups is 1. The summed E-state index contributed by atoms with van der Waals surface area (Å²) in [4.78, 5) is 17.9. The molecule has 0 radical (unpaired) electrons. The summed E-state index contributed by atoms with van der Waals surface area (Å²) in [6.45, 7) is 4.78. The van der Waals surface area contributed by atoms with Gasteiger partial charge in [0.2, 0.25) is 0 Å². The van der Waals surface area contributed by atoms with Crippen LogP contribution < -0.4 is 0 Å². The van der Waals surface area contributed by atoms with Gasteiger partial charge in [-0.1, -0.05) is 25.7 Å². The van der Waals surface area contributed by atoms with E-state index in [1.54, 1.807) is 30.4 Å². The molecule has 4 nitrogen and oxygen atoms in total. The van der Waals surface area contributed by atoms with Crippen molar-refractivity contribution in [3.63, 3.8) is 0 Å². The lowest BCUT2D eigenvalue weighted by Crippen LogP contribution is -2.28. The first-order valence-electron chi connectivity index (χ1n) is 6.35. The Morgan fingerprint density at radius 1 is 1.47 bits per heavy atom. The fraction of sp³-hybridized carbons (Fsp3) is 0.467. The molecular formula is C15H20N2O2. The van der Waals surface area contributed by atoms with Crippen LogP contribution in [0.4, 0.5) is 0 Å². The van der Waals surface area contributed by atoms with E-state index in [1.807, 2.05) is 0 Å². The topological polar surface area (TPSA) is 53.4 Å². The van der Waals surface area contributed by atoms with Gasteiger partial charge in [0.1, 0.15) is 6.61 Å². The molecule has 1 rings (SSSR count). The summed E-state index contributed by atoms with van der Waals surface area (Å²) in [7, 11) is 1.79. The highest BCUT2D eigenvalue weighted by Gasteiger charge is 2.12. The summed E-state index contributed by atoms with van der Waals surface area (Å²) in [6, 6.07) is 1.70. The van der Waals surface area contributed by atoms with Crippen molar-refractivity contribution >= 4 is 5.91 Å². The second kappa shape index (κ2) is 7.55. The van der Waals surface area contributed by atoms with E-state index < -0.39 is 0 Å². The smallest absolute Gasteiger partial charge is 0.255 e. The van der Waals surface area contributed by atoms with Crippen molar-refractivity contribution in [2.75, 3.05) is 20.2 Å². The van der Waals surface area contributed by atoms with E-state index in [4.69, 9.17) is 5.11 Å². The zero-order valence-corrected chi connectivity index (χ0v) is 11.7. The lowest BCUT2D eigenvalue weighted by molar-refractivity contribution is 0.0788. The number of hydrogen-bond acceptors (Lipinski definition) is 3. The van der Waals surface area contributed by atoms with Gasteiger partial charge in [-0.25, -0.2) is 0 Å². The van der Waals surface area contributed by atoms with E-state index >= 15 is 0 Å². The molecule has 1 aromatic heterocycles. The van der Waals surface area contributed by atoms with Crippen molar-refractivity contribution in [3.05, 3.63) is 29.6 Å². The van der Waals surface area contributed by atoms with Crippen molar-refractivity contribution in [1.29, 1.82) is 0 Å².